The first-order valence-corrected chi connectivity index (χ1v) is 34.7. The SMILES string of the molecule is CCCCCCCC/C=C\CCCCCCCCCCCC(=O)OCCCCC/C=C\C/C=C\CCCCCCCCCC(=O)NC(CO)C(O)CCCCCCCCCCCCCCCCCCCCCCCCCC. The van der Waals surface area contributed by atoms with Crippen LogP contribution in [0.15, 0.2) is 36.5 Å². The van der Waals surface area contributed by atoms with E-state index in [1.54, 1.807) is 0 Å². The number of aliphatic hydroxyl groups excluding tert-OH is 2. The van der Waals surface area contributed by atoms with Crippen LogP contribution in [0.5, 0.6) is 0 Å². The Hall–Kier alpha value is -1.92. The fourth-order valence-electron chi connectivity index (χ4n) is 10.8. The van der Waals surface area contributed by atoms with Gasteiger partial charge in [0.25, 0.3) is 0 Å². The van der Waals surface area contributed by atoms with E-state index < -0.39 is 12.1 Å². The predicted molar refractivity (Wildman–Crippen MR) is 338 cm³/mol. The number of nitrogens with one attached hydrogen (secondary N) is 1. The summed E-state index contributed by atoms with van der Waals surface area (Å²) in [5.74, 6) is -0.0623. The number of ether oxygens (including phenoxy) is 1. The van der Waals surface area contributed by atoms with Crippen LogP contribution in [0.3, 0.4) is 0 Å². The smallest absolute Gasteiger partial charge is 0.305 e. The van der Waals surface area contributed by atoms with E-state index >= 15 is 0 Å². The van der Waals surface area contributed by atoms with Crippen LogP contribution in [-0.2, 0) is 14.3 Å². The van der Waals surface area contributed by atoms with Gasteiger partial charge in [0.15, 0.2) is 0 Å². The molecule has 0 aliphatic carbocycles. The lowest BCUT2D eigenvalue weighted by molar-refractivity contribution is -0.143. The molecule has 6 heteroatoms. The number of amides is 1. The second-order valence-electron chi connectivity index (χ2n) is 23.9. The molecule has 1 amide bonds. The summed E-state index contributed by atoms with van der Waals surface area (Å²) >= 11 is 0. The van der Waals surface area contributed by atoms with Crippen LogP contribution in [0.2, 0.25) is 0 Å². The lowest BCUT2D eigenvalue weighted by Crippen LogP contribution is -2.45. The first kappa shape index (κ1) is 75.1. The zero-order valence-corrected chi connectivity index (χ0v) is 52.0. The standard InChI is InChI=1S/C71H135NO5/c1-3-5-7-9-11-13-15-17-19-21-23-24-25-26-27-29-31-35-39-43-47-51-55-59-63-69(74)68(67-73)72-70(75)64-60-56-52-48-44-40-36-32-30-34-38-42-46-50-54-58-62-66-77-71(76)65-61-57-53-49-45-41-37-33-28-22-20-18-16-14-12-10-8-6-4-2/h18,20,30,34,42,46,68-69,73-74H,3-17,19,21-29,31-33,35-41,43-45,47-67H2,1-2H3,(H,72,75)/b20-18-,34-30-,46-42-. The third-order valence-electron chi connectivity index (χ3n) is 16.2. The Balaban J connectivity index is 3.47. The maximum absolute atomic E-state index is 12.5. The second-order valence-corrected chi connectivity index (χ2v) is 23.9. The minimum absolute atomic E-state index is 0.0150. The van der Waals surface area contributed by atoms with Crippen molar-refractivity contribution in [2.24, 2.45) is 0 Å². The van der Waals surface area contributed by atoms with Gasteiger partial charge in [-0.2, -0.15) is 0 Å². The van der Waals surface area contributed by atoms with Crippen molar-refractivity contribution in [1.29, 1.82) is 0 Å². The molecule has 454 valence electrons. The molecule has 0 spiro atoms. The van der Waals surface area contributed by atoms with Crippen LogP contribution in [-0.4, -0.2) is 47.4 Å². The number of rotatable bonds is 65. The highest BCUT2D eigenvalue weighted by Crippen LogP contribution is 2.18. The van der Waals surface area contributed by atoms with Gasteiger partial charge in [-0.15, -0.1) is 0 Å². The Morgan fingerprint density at radius 1 is 0.364 bits per heavy atom. The van der Waals surface area contributed by atoms with Gasteiger partial charge < -0.3 is 20.3 Å². The molecular weight excluding hydrogens is 947 g/mol. The minimum atomic E-state index is -0.677. The maximum atomic E-state index is 12.5. The van der Waals surface area contributed by atoms with E-state index in [-0.39, 0.29) is 18.5 Å². The number of hydrogen-bond acceptors (Lipinski definition) is 5. The minimum Gasteiger partial charge on any atom is -0.466 e. The molecule has 0 aliphatic heterocycles. The van der Waals surface area contributed by atoms with Crippen LogP contribution in [0.1, 0.15) is 380 Å². The number of carbonyl (C=O) groups excluding carboxylic acids is 2. The molecule has 0 radical (unpaired) electrons. The molecule has 0 aromatic rings. The highest BCUT2D eigenvalue weighted by Gasteiger charge is 2.20. The van der Waals surface area contributed by atoms with Crippen molar-refractivity contribution >= 4 is 11.9 Å². The van der Waals surface area contributed by atoms with Crippen molar-refractivity contribution in [3.8, 4) is 0 Å². The van der Waals surface area contributed by atoms with E-state index in [0.29, 0.717) is 25.9 Å². The molecule has 0 saturated carbocycles. The number of hydrogen-bond donors (Lipinski definition) is 3. The second kappa shape index (κ2) is 66.6. The van der Waals surface area contributed by atoms with Gasteiger partial charge in [-0.3, -0.25) is 9.59 Å². The third-order valence-corrected chi connectivity index (χ3v) is 16.2. The van der Waals surface area contributed by atoms with Gasteiger partial charge >= 0.3 is 5.97 Å². The fourth-order valence-corrected chi connectivity index (χ4v) is 10.8. The Labute approximate surface area is 481 Å². The molecule has 2 unspecified atom stereocenters. The van der Waals surface area contributed by atoms with E-state index in [1.807, 2.05) is 0 Å². The van der Waals surface area contributed by atoms with Crippen LogP contribution in [0.4, 0.5) is 0 Å². The summed E-state index contributed by atoms with van der Waals surface area (Å²) in [5.41, 5.74) is 0. The van der Waals surface area contributed by atoms with Crippen molar-refractivity contribution in [2.45, 2.75) is 392 Å². The molecule has 0 saturated heterocycles. The van der Waals surface area contributed by atoms with Gasteiger partial charge in [-0.05, 0) is 89.9 Å². The van der Waals surface area contributed by atoms with Gasteiger partial charge in [0.1, 0.15) is 0 Å². The highest BCUT2D eigenvalue weighted by molar-refractivity contribution is 5.76. The van der Waals surface area contributed by atoms with Gasteiger partial charge in [0.05, 0.1) is 25.4 Å². The number of unbranched alkanes of at least 4 members (excludes halogenated alkanes) is 48. The maximum Gasteiger partial charge on any atom is 0.305 e. The van der Waals surface area contributed by atoms with Gasteiger partial charge in [-0.1, -0.05) is 314 Å². The molecule has 77 heavy (non-hydrogen) atoms. The summed E-state index contributed by atoms with van der Waals surface area (Å²) < 4.78 is 5.48. The Bertz CT molecular complexity index is 1250. The van der Waals surface area contributed by atoms with E-state index in [9.17, 15) is 19.8 Å². The molecule has 3 N–H and O–H groups in total. The van der Waals surface area contributed by atoms with E-state index in [0.717, 1.165) is 83.5 Å². The Morgan fingerprint density at radius 2 is 0.649 bits per heavy atom. The normalized spacial score (nSPS) is 12.7. The molecule has 0 rings (SSSR count). The van der Waals surface area contributed by atoms with Gasteiger partial charge in [-0.25, -0.2) is 0 Å². The van der Waals surface area contributed by atoms with Crippen LogP contribution >= 0.6 is 0 Å². The molecule has 0 heterocycles. The molecule has 0 bridgehead atoms. The number of carbonyl (C=O) groups is 2. The molecule has 0 aliphatic rings. The summed E-state index contributed by atoms with van der Waals surface area (Å²) in [6, 6.07) is -0.556. The van der Waals surface area contributed by atoms with Crippen molar-refractivity contribution < 1.29 is 24.5 Å². The predicted octanol–water partition coefficient (Wildman–Crippen LogP) is 22.3. The first-order valence-electron chi connectivity index (χ1n) is 34.7. The lowest BCUT2D eigenvalue weighted by atomic mass is 10.0. The molecular formula is C71H135NO5. The molecule has 2 atom stereocenters. The average Bonchev–Trinajstić information content (AvgIpc) is 3.43. The summed E-state index contributed by atoms with van der Waals surface area (Å²) in [6.07, 6.45) is 84.6. The quantitative estimate of drug-likeness (QED) is 0.0320. The average molecular weight is 1080 g/mol. The van der Waals surface area contributed by atoms with Crippen molar-refractivity contribution in [3.63, 3.8) is 0 Å². The number of aliphatic hydroxyl groups is 2. The van der Waals surface area contributed by atoms with Gasteiger partial charge in [0.2, 0.25) is 5.91 Å². The fraction of sp³-hybridized carbons (Fsp3) is 0.887. The summed E-state index contributed by atoms with van der Waals surface area (Å²) in [6.45, 7) is 4.94. The topological polar surface area (TPSA) is 95.9 Å². The van der Waals surface area contributed by atoms with Crippen molar-refractivity contribution in [2.75, 3.05) is 13.2 Å². The molecule has 0 aromatic carbocycles. The van der Waals surface area contributed by atoms with Crippen LogP contribution in [0.25, 0.3) is 0 Å². The zero-order valence-electron chi connectivity index (χ0n) is 52.0. The first-order chi connectivity index (χ1) is 38.0. The Kier molecular flexibility index (Phi) is 64.9. The monoisotopic (exact) mass is 1080 g/mol. The Morgan fingerprint density at radius 3 is 1.00 bits per heavy atom. The summed E-state index contributed by atoms with van der Waals surface area (Å²) in [7, 11) is 0. The number of allylic oxidation sites excluding steroid dienone is 6. The van der Waals surface area contributed by atoms with Crippen molar-refractivity contribution in [1.82, 2.24) is 5.32 Å². The van der Waals surface area contributed by atoms with E-state index in [2.05, 4.69) is 55.6 Å². The molecule has 6 nitrogen and oxygen atoms in total. The summed E-state index contributed by atoms with van der Waals surface area (Å²) in [4.78, 5) is 24.6. The van der Waals surface area contributed by atoms with Crippen LogP contribution < -0.4 is 5.32 Å². The highest BCUT2D eigenvalue weighted by atomic mass is 16.5. The molecule has 0 aromatic heterocycles. The van der Waals surface area contributed by atoms with Crippen molar-refractivity contribution in [3.05, 3.63) is 36.5 Å². The lowest BCUT2D eigenvalue weighted by Gasteiger charge is -2.22. The number of esters is 1. The zero-order chi connectivity index (χ0) is 55.7. The van der Waals surface area contributed by atoms with E-state index in [1.165, 1.54) is 263 Å². The largest absolute Gasteiger partial charge is 0.466 e. The third kappa shape index (κ3) is 63.1. The van der Waals surface area contributed by atoms with E-state index in [4.69, 9.17) is 4.74 Å². The van der Waals surface area contributed by atoms with Crippen LogP contribution in [0, 0.1) is 0 Å². The molecule has 0 fully saturated rings. The van der Waals surface area contributed by atoms with Gasteiger partial charge in [0, 0.05) is 12.8 Å². The summed E-state index contributed by atoms with van der Waals surface area (Å²) in [5, 5.41) is 23.4.